The Balaban J connectivity index is 2.59. The van der Waals surface area contributed by atoms with Crippen LogP contribution in [0.4, 0.5) is 4.79 Å². The van der Waals surface area contributed by atoms with Gasteiger partial charge in [-0.15, -0.1) is 0 Å². The SMILES string of the molecule is CCCC[C@@H](C=O)CC(=O)[C@H](CC(C)C)NC(=O)OCc1ccccc1. The van der Waals surface area contributed by atoms with Gasteiger partial charge in [-0.2, -0.15) is 0 Å². The molecule has 26 heavy (non-hydrogen) atoms. The van der Waals surface area contributed by atoms with Gasteiger partial charge in [0.05, 0.1) is 6.04 Å². The number of amides is 1. The number of unbranched alkanes of at least 4 members (excludes halogenated alkanes) is 1. The molecule has 0 unspecified atom stereocenters. The van der Waals surface area contributed by atoms with E-state index in [1.54, 1.807) is 0 Å². The van der Waals surface area contributed by atoms with Crippen LogP contribution < -0.4 is 5.32 Å². The van der Waals surface area contributed by atoms with Crippen molar-refractivity contribution in [1.82, 2.24) is 5.32 Å². The predicted octanol–water partition coefficient (Wildman–Crippen LogP) is 4.29. The van der Waals surface area contributed by atoms with Crippen molar-refractivity contribution in [2.24, 2.45) is 11.8 Å². The van der Waals surface area contributed by atoms with Crippen LogP contribution in [0.2, 0.25) is 0 Å². The molecule has 0 fully saturated rings. The summed E-state index contributed by atoms with van der Waals surface area (Å²) in [6, 6.07) is 8.75. The van der Waals surface area contributed by atoms with E-state index in [0.717, 1.165) is 24.7 Å². The van der Waals surface area contributed by atoms with Gasteiger partial charge in [0.2, 0.25) is 0 Å². The van der Waals surface area contributed by atoms with Gasteiger partial charge in [0, 0.05) is 12.3 Å². The lowest BCUT2D eigenvalue weighted by atomic mass is 9.91. The topological polar surface area (TPSA) is 72.5 Å². The molecule has 0 saturated carbocycles. The molecule has 2 atom stereocenters. The Morgan fingerprint density at radius 3 is 2.46 bits per heavy atom. The van der Waals surface area contributed by atoms with Gasteiger partial charge in [0.15, 0.2) is 5.78 Å². The average Bonchev–Trinajstić information content (AvgIpc) is 2.63. The zero-order chi connectivity index (χ0) is 19.4. The minimum atomic E-state index is -0.623. The van der Waals surface area contributed by atoms with Crippen molar-refractivity contribution in [1.29, 1.82) is 0 Å². The average molecular weight is 361 g/mol. The number of aldehydes is 1. The summed E-state index contributed by atoms with van der Waals surface area (Å²) >= 11 is 0. The Morgan fingerprint density at radius 2 is 1.88 bits per heavy atom. The molecule has 5 heteroatoms. The molecule has 1 aromatic carbocycles. The summed E-state index contributed by atoms with van der Waals surface area (Å²) in [7, 11) is 0. The van der Waals surface area contributed by atoms with Crippen LogP contribution in [0.3, 0.4) is 0 Å². The van der Waals surface area contributed by atoms with Crippen LogP contribution in [0.25, 0.3) is 0 Å². The van der Waals surface area contributed by atoms with Crippen molar-refractivity contribution < 1.29 is 19.1 Å². The molecule has 1 aromatic rings. The maximum absolute atomic E-state index is 12.6. The standard InChI is InChI=1S/C21H31NO4/c1-4-5-9-18(14-23)13-20(24)19(12-16(2)3)22-21(25)26-15-17-10-7-6-8-11-17/h6-8,10-11,14,16,18-19H,4-5,9,12-13,15H2,1-3H3,(H,22,25)/t18-,19+/m1/s1. The summed E-state index contributed by atoms with van der Waals surface area (Å²) in [4.78, 5) is 35.9. The fourth-order valence-corrected chi connectivity index (χ4v) is 2.73. The van der Waals surface area contributed by atoms with E-state index in [2.05, 4.69) is 12.2 Å². The van der Waals surface area contributed by atoms with Gasteiger partial charge < -0.3 is 14.8 Å². The Hall–Kier alpha value is -2.17. The van der Waals surface area contributed by atoms with E-state index in [4.69, 9.17) is 4.74 Å². The van der Waals surface area contributed by atoms with E-state index in [1.165, 1.54) is 0 Å². The van der Waals surface area contributed by atoms with Crippen LogP contribution >= 0.6 is 0 Å². The second kappa shape index (κ2) is 12.2. The molecular formula is C21H31NO4. The third-order valence-corrected chi connectivity index (χ3v) is 4.18. The van der Waals surface area contributed by atoms with Gasteiger partial charge in [-0.3, -0.25) is 4.79 Å². The van der Waals surface area contributed by atoms with E-state index < -0.39 is 12.1 Å². The number of nitrogens with one attached hydrogen (secondary N) is 1. The van der Waals surface area contributed by atoms with E-state index >= 15 is 0 Å². The molecule has 0 bridgehead atoms. The molecule has 144 valence electrons. The molecule has 0 aromatic heterocycles. The number of hydrogen-bond acceptors (Lipinski definition) is 4. The molecular weight excluding hydrogens is 330 g/mol. The Bertz CT molecular complexity index is 556. The molecule has 0 saturated heterocycles. The first-order valence-electron chi connectivity index (χ1n) is 9.41. The van der Waals surface area contributed by atoms with Crippen LogP contribution in [0.5, 0.6) is 0 Å². The van der Waals surface area contributed by atoms with E-state index in [9.17, 15) is 14.4 Å². The minimum absolute atomic E-state index is 0.108. The Morgan fingerprint density at radius 1 is 1.19 bits per heavy atom. The minimum Gasteiger partial charge on any atom is -0.445 e. The largest absolute Gasteiger partial charge is 0.445 e. The van der Waals surface area contributed by atoms with Crippen LogP contribution in [-0.4, -0.2) is 24.2 Å². The molecule has 1 N–H and O–H groups in total. The van der Waals surface area contributed by atoms with Crippen molar-refractivity contribution in [3.63, 3.8) is 0 Å². The fourth-order valence-electron chi connectivity index (χ4n) is 2.73. The molecule has 1 rings (SSSR count). The summed E-state index contributed by atoms with van der Waals surface area (Å²) in [6.45, 7) is 6.19. The fraction of sp³-hybridized carbons (Fsp3) is 0.571. The third kappa shape index (κ3) is 8.79. The molecule has 0 aliphatic rings. The van der Waals surface area contributed by atoms with E-state index in [1.807, 2.05) is 44.2 Å². The highest BCUT2D eigenvalue weighted by atomic mass is 16.5. The number of ether oxygens (including phenoxy) is 1. The summed E-state index contributed by atoms with van der Waals surface area (Å²) in [5, 5.41) is 2.68. The zero-order valence-electron chi connectivity index (χ0n) is 16.1. The second-order valence-corrected chi connectivity index (χ2v) is 7.10. The number of carbonyl (C=O) groups excluding carboxylic acids is 3. The Labute approximate surface area is 156 Å². The number of benzene rings is 1. The number of alkyl carbamates (subject to hydrolysis) is 1. The van der Waals surface area contributed by atoms with Gasteiger partial charge in [0.25, 0.3) is 0 Å². The van der Waals surface area contributed by atoms with Crippen molar-refractivity contribution in [2.75, 3.05) is 0 Å². The number of hydrogen-bond donors (Lipinski definition) is 1. The zero-order valence-corrected chi connectivity index (χ0v) is 16.1. The first-order valence-corrected chi connectivity index (χ1v) is 9.41. The van der Waals surface area contributed by atoms with Gasteiger partial charge in [-0.1, -0.05) is 63.9 Å². The third-order valence-electron chi connectivity index (χ3n) is 4.18. The van der Waals surface area contributed by atoms with Crippen molar-refractivity contribution in [2.45, 2.75) is 65.5 Å². The molecule has 0 aliphatic heterocycles. The molecule has 0 heterocycles. The van der Waals surface area contributed by atoms with E-state index in [0.29, 0.717) is 12.8 Å². The van der Waals surface area contributed by atoms with Crippen molar-refractivity contribution >= 4 is 18.2 Å². The van der Waals surface area contributed by atoms with Gasteiger partial charge in [-0.05, 0) is 24.3 Å². The molecule has 1 amide bonds. The van der Waals surface area contributed by atoms with Crippen LogP contribution in [0.1, 0.15) is 58.4 Å². The first-order chi connectivity index (χ1) is 12.5. The van der Waals surface area contributed by atoms with Gasteiger partial charge in [-0.25, -0.2) is 4.79 Å². The summed E-state index contributed by atoms with van der Waals surface area (Å²) in [5.41, 5.74) is 0.884. The number of rotatable bonds is 12. The summed E-state index contributed by atoms with van der Waals surface area (Å²) < 4.78 is 5.21. The normalized spacial score (nSPS) is 13.1. The maximum Gasteiger partial charge on any atom is 0.408 e. The monoisotopic (exact) mass is 361 g/mol. The highest BCUT2D eigenvalue weighted by Crippen LogP contribution is 2.15. The number of Topliss-reactive ketones (excluding diaryl/α,β-unsaturated/α-hetero) is 1. The maximum atomic E-state index is 12.6. The van der Waals surface area contributed by atoms with Crippen LogP contribution in [-0.2, 0) is 20.9 Å². The first kappa shape index (κ1) is 21.9. The number of carbonyl (C=O) groups is 3. The summed E-state index contributed by atoms with van der Waals surface area (Å²) in [6.07, 6.45) is 3.55. The molecule has 5 nitrogen and oxygen atoms in total. The Kier molecular flexibility index (Phi) is 10.3. The van der Waals surface area contributed by atoms with Crippen LogP contribution in [0.15, 0.2) is 30.3 Å². The van der Waals surface area contributed by atoms with Gasteiger partial charge in [0.1, 0.15) is 12.9 Å². The molecule has 0 spiro atoms. The lowest BCUT2D eigenvalue weighted by molar-refractivity contribution is -0.124. The molecule has 0 radical (unpaired) electrons. The van der Waals surface area contributed by atoms with Gasteiger partial charge >= 0.3 is 6.09 Å². The predicted molar refractivity (Wildman–Crippen MR) is 102 cm³/mol. The highest BCUT2D eigenvalue weighted by molar-refractivity contribution is 5.89. The molecule has 0 aliphatic carbocycles. The number of ketones is 1. The quantitative estimate of drug-likeness (QED) is 0.564. The highest BCUT2D eigenvalue weighted by Gasteiger charge is 2.25. The smallest absolute Gasteiger partial charge is 0.408 e. The van der Waals surface area contributed by atoms with Crippen molar-refractivity contribution in [3.05, 3.63) is 35.9 Å². The summed E-state index contributed by atoms with van der Waals surface area (Å²) in [5.74, 6) is -0.147. The van der Waals surface area contributed by atoms with E-state index in [-0.39, 0.29) is 30.6 Å². The lowest BCUT2D eigenvalue weighted by Crippen LogP contribution is -2.42. The van der Waals surface area contributed by atoms with Crippen LogP contribution in [0, 0.1) is 11.8 Å². The van der Waals surface area contributed by atoms with Crippen molar-refractivity contribution in [3.8, 4) is 0 Å². The lowest BCUT2D eigenvalue weighted by Gasteiger charge is -2.21. The second-order valence-electron chi connectivity index (χ2n) is 7.10.